The molecule has 1 aromatic rings. The highest BCUT2D eigenvalue weighted by molar-refractivity contribution is 5.28. The number of hydrogen-bond acceptors (Lipinski definition) is 6. The topological polar surface area (TPSA) is 71.4 Å². The van der Waals surface area contributed by atoms with Gasteiger partial charge in [-0.05, 0) is 24.5 Å². The summed E-state index contributed by atoms with van der Waals surface area (Å²) in [5.41, 5.74) is 6.08. The average Bonchev–Trinajstić information content (AvgIpc) is 3.04. The Balaban J connectivity index is 1.61. The molecule has 1 saturated heterocycles. The minimum Gasteiger partial charge on any atom is -0.336 e. The molecule has 100 valence electrons. The molecule has 1 aliphatic heterocycles. The van der Waals surface area contributed by atoms with Crippen molar-refractivity contribution in [3.63, 3.8) is 0 Å². The third-order valence-electron chi connectivity index (χ3n) is 3.82. The van der Waals surface area contributed by atoms with Gasteiger partial charge in [0.15, 0.2) is 0 Å². The number of nitrogens with two attached hydrogens (primary N) is 1. The normalized spacial score (nSPS) is 23.3. The summed E-state index contributed by atoms with van der Waals surface area (Å²) in [5.74, 6) is 2.07. The van der Waals surface area contributed by atoms with E-state index in [-0.39, 0.29) is 6.04 Å². The Morgan fingerprint density at radius 2 is 2.06 bits per heavy atom. The zero-order chi connectivity index (χ0) is 12.5. The van der Waals surface area contributed by atoms with Crippen LogP contribution in [0.25, 0.3) is 0 Å². The molecule has 0 radical (unpaired) electrons. The van der Waals surface area contributed by atoms with E-state index in [0.29, 0.717) is 11.8 Å². The van der Waals surface area contributed by atoms with Crippen molar-refractivity contribution in [3.05, 3.63) is 5.89 Å². The molecular formula is C12H21N5O. The molecule has 1 atom stereocenters. The Labute approximate surface area is 107 Å². The van der Waals surface area contributed by atoms with Gasteiger partial charge in [0, 0.05) is 26.2 Å². The van der Waals surface area contributed by atoms with Crippen LogP contribution in [0.5, 0.6) is 0 Å². The van der Waals surface area contributed by atoms with Gasteiger partial charge in [0.2, 0.25) is 5.89 Å². The van der Waals surface area contributed by atoms with Crippen LogP contribution in [0.4, 0.5) is 5.95 Å². The molecule has 2 aliphatic rings. The average molecular weight is 251 g/mol. The molecule has 18 heavy (non-hydrogen) atoms. The van der Waals surface area contributed by atoms with Crippen molar-refractivity contribution in [2.75, 3.05) is 38.1 Å². The fourth-order valence-corrected chi connectivity index (χ4v) is 2.33. The second-order valence-corrected chi connectivity index (χ2v) is 5.51. The number of rotatable bonds is 4. The first-order chi connectivity index (χ1) is 8.72. The molecule has 2 heterocycles. The fourth-order valence-electron chi connectivity index (χ4n) is 2.33. The second-order valence-electron chi connectivity index (χ2n) is 5.51. The van der Waals surface area contributed by atoms with Gasteiger partial charge in [-0.15, -0.1) is 0 Å². The second kappa shape index (κ2) is 4.85. The van der Waals surface area contributed by atoms with Crippen LogP contribution in [0, 0.1) is 5.92 Å². The van der Waals surface area contributed by atoms with Crippen LogP contribution in [0.3, 0.4) is 0 Å². The van der Waals surface area contributed by atoms with E-state index in [1.165, 1.54) is 12.8 Å². The van der Waals surface area contributed by atoms with Crippen LogP contribution in [-0.4, -0.2) is 48.3 Å². The Kier molecular flexibility index (Phi) is 3.22. The van der Waals surface area contributed by atoms with Gasteiger partial charge < -0.3 is 20.1 Å². The highest BCUT2D eigenvalue weighted by Gasteiger charge is 2.28. The van der Waals surface area contributed by atoms with E-state index < -0.39 is 0 Å². The smallest absolute Gasteiger partial charge is 0.266 e. The van der Waals surface area contributed by atoms with Crippen LogP contribution in [0.1, 0.15) is 31.2 Å². The maximum atomic E-state index is 6.08. The van der Waals surface area contributed by atoms with Crippen LogP contribution < -0.4 is 10.6 Å². The molecule has 2 fully saturated rings. The molecular weight excluding hydrogens is 230 g/mol. The van der Waals surface area contributed by atoms with E-state index in [0.717, 1.165) is 38.5 Å². The van der Waals surface area contributed by atoms with E-state index in [1.54, 1.807) is 0 Å². The SMILES string of the molecule is CN1CCN(c2noc(C(N)CC3CC3)n2)CC1. The van der Waals surface area contributed by atoms with Crippen molar-refractivity contribution >= 4 is 5.95 Å². The van der Waals surface area contributed by atoms with Gasteiger partial charge in [-0.3, -0.25) is 0 Å². The van der Waals surface area contributed by atoms with E-state index in [1.807, 2.05) is 0 Å². The lowest BCUT2D eigenvalue weighted by Crippen LogP contribution is -2.44. The van der Waals surface area contributed by atoms with Crippen molar-refractivity contribution in [2.45, 2.75) is 25.3 Å². The summed E-state index contributed by atoms with van der Waals surface area (Å²) in [7, 11) is 2.13. The summed E-state index contributed by atoms with van der Waals surface area (Å²) in [6.07, 6.45) is 3.57. The van der Waals surface area contributed by atoms with Crippen LogP contribution in [-0.2, 0) is 0 Å². The Morgan fingerprint density at radius 3 is 2.72 bits per heavy atom. The summed E-state index contributed by atoms with van der Waals surface area (Å²) in [6, 6.07) is -0.0915. The Morgan fingerprint density at radius 1 is 1.33 bits per heavy atom. The van der Waals surface area contributed by atoms with Crippen LogP contribution >= 0.6 is 0 Å². The number of aromatic nitrogens is 2. The number of piperazine rings is 1. The zero-order valence-corrected chi connectivity index (χ0v) is 10.9. The van der Waals surface area contributed by atoms with Crippen LogP contribution in [0.2, 0.25) is 0 Å². The van der Waals surface area contributed by atoms with Crippen molar-refractivity contribution in [1.82, 2.24) is 15.0 Å². The molecule has 1 saturated carbocycles. The molecule has 1 unspecified atom stereocenters. The number of nitrogens with zero attached hydrogens (tertiary/aromatic N) is 4. The summed E-state index contributed by atoms with van der Waals surface area (Å²) in [5, 5.41) is 4.05. The molecule has 0 amide bonds. The first-order valence-electron chi connectivity index (χ1n) is 6.75. The van der Waals surface area contributed by atoms with Gasteiger partial charge in [0.1, 0.15) is 0 Å². The lowest BCUT2D eigenvalue weighted by atomic mass is 10.1. The van der Waals surface area contributed by atoms with Crippen molar-refractivity contribution in [2.24, 2.45) is 11.7 Å². The molecule has 0 bridgehead atoms. The molecule has 1 aromatic heterocycles. The molecule has 3 rings (SSSR count). The predicted octanol–water partition coefficient (Wildman–Crippen LogP) is 0.621. The molecule has 0 aromatic carbocycles. The molecule has 1 aliphatic carbocycles. The third-order valence-corrected chi connectivity index (χ3v) is 3.82. The molecule has 0 spiro atoms. The van der Waals surface area contributed by atoms with Crippen molar-refractivity contribution < 1.29 is 4.52 Å². The van der Waals surface area contributed by atoms with E-state index in [2.05, 4.69) is 27.0 Å². The standard InChI is InChI=1S/C12H21N5O/c1-16-4-6-17(7-5-16)12-14-11(18-15-12)10(13)8-9-2-3-9/h9-10H,2-8,13H2,1H3. The van der Waals surface area contributed by atoms with Crippen molar-refractivity contribution in [3.8, 4) is 0 Å². The van der Waals surface area contributed by atoms with Gasteiger partial charge in [-0.2, -0.15) is 4.98 Å². The first kappa shape index (κ1) is 11.9. The maximum Gasteiger partial charge on any atom is 0.266 e. The maximum absolute atomic E-state index is 6.08. The zero-order valence-electron chi connectivity index (χ0n) is 10.9. The summed E-state index contributed by atoms with van der Waals surface area (Å²) < 4.78 is 5.29. The van der Waals surface area contributed by atoms with Crippen LogP contribution in [0.15, 0.2) is 4.52 Å². The van der Waals surface area contributed by atoms with Gasteiger partial charge in [0.25, 0.3) is 5.95 Å². The quantitative estimate of drug-likeness (QED) is 0.846. The number of likely N-dealkylation sites (N-methyl/N-ethyl adjacent to an activating group) is 1. The predicted molar refractivity (Wildman–Crippen MR) is 68.3 cm³/mol. The minimum absolute atomic E-state index is 0.0915. The summed E-state index contributed by atoms with van der Waals surface area (Å²) in [4.78, 5) is 8.91. The lowest BCUT2D eigenvalue weighted by molar-refractivity contribution is 0.307. The number of anilines is 1. The van der Waals surface area contributed by atoms with Crippen molar-refractivity contribution in [1.29, 1.82) is 0 Å². The third kappa shape index (κ3) is 2.64. The molecule has 6 heteroatoms. The van der Waals surface area contributed by atoms with E-state index in [4.69, 9.17) is 10.3 Å². The highest BCUT2D eigenvalue weighted by Crippen LogP contribution is 2.36. The summed E-state index contributed by atoms with van der Waals surface area (Å²) in [6.45, 7) is 3.98. The highest BCUT2D eigenvalue weighted by atomic mass is 16.5. The molecule has 2 N–H and O–H groups in total. The monoisotopic (exact) mass is 251 g/mol. The lowest BCUT2D eigenvalue weighted by Gasteiger charge is -2.31. The fraction of sp³-hybridized carbons (Fsp3) is 0.833. The van der Waals surface area contributed by atoms with E-state index in [9.17, 15) is 0 Å². The Bertz CT molecular complexity index is 395. The van der Waals surface area contributed by atoms with Gasteiger partial charge in [-0.1, -0.05) is 12.8 Å². The minimum atomic E-state index is -0.0915. The Hall–Kier alpha value is -1.14. The first-order valence-corrected chi connectivity index (χ1v) is 6.75. The number of hydrogen-bond donors (Lipinski definition) is 1. The summed E-state index contributed by atoms with van der Waals surface area (Å²) >= 11 is 0. The van der Waals surface area contributed by atoms with Gasteiger partial charge >= 0.3 is 0 Å². The van der Waals surface area contributed by atoms with E-state index >= 15 is 0 Å². The van der Waals surface area contributed by atoms with Gasteiger partial charge in [0.05, 0.1) is 6.04 Å². The van der Waals surface area contributed by atoms with Gasteiger partial charge in [-0.25, -0.2) is 0 Å². The molecule has 6 nitrogen and oxygen atoms in total. The largest absolute Gasteiger partial charge is 0.336 e.